The highest BCUT2D eigenvalue weighted by Gasteiger charge is 2.52. The third-order valence-corrected chi connectivity index (χ3v) is 6.48. The second-order valence-electron chi connectivity index (χ2n) is 9.11. The van der Waals surface area contributed by atoms with Gasteiger partial charge in [-0.15, -0.1) is 0 Å². The maximum Gasteiger partial charge on any atom is 0.217 e. The maximum absolute atomic E-state index is 11.7. The molecule has 3 fully saturated rings. The summed E-state index contributed by atoms with van der Waals surface area (Å²) in [5.74, 6) is -0.661. The minimum Gasteiger partial charge on any atom is -0.394 e. The van der Waals surface area contributed by atoms with Crippen molar-refractivity contribution in [3.05, 3.63) is 0 Å². The smallest absolute Gasteiger partial charge is 0.217 e. The van der Waals surface area contributed by atoms with Crippen LogP contribution in [-0.4, -0.2) is 169 Å². The molecule has 0 bridgehead atoms. The van der Waals surface area contributed by atoms with Gasteiger partial charge >= 0.3 is 0 Å². The molecule has 17 heteroatoms. The number of rotatable bonds is 8. The molecule has 0 aromatic carbocycles. The zero-order valence-corrected chi connectivity index (χ0v) is 19.7. The molecule has 0 aliphatic carbocycles. The van der Waals surface area contributed by atoms with Crippen LogP contribution in [0.1, 0.15) is 6.92 Å². The number of aliphatic hydroxyl groups excluding tert-OH is 10. The zero-order valence-electron chi connectivity index (χ0n) is 19.7. The molecular formula is C20H35NO16. The van der Waals surface area contributed by atoms with E-state index in [-0.39, 0.29) is 0 Å². The molecule has 11 N–H and O–H groups in total. The summed E-state index contributed by atoms with van der Waals surface area (Å²) in [5.41, 5.74) is 0. The lowest BCUT2D eigenvalue weighted by Gasteiger charge is -2.47. The summed E-state index contributed by atoms with van der Waals surface area (Å²) in [6.07, 6.45) is -22.9. The predicted molar refractivity (Wildman–Crippen MR) is 113 cm³/mol. The first-order valence-corrected chi connectivity index (χ1v) is 11.6. The number of hydrogen-bond acceptors (Lipinski definition) is 16. The second kappa shape index (κ2) is 12.8. The molecule has 3 heterocycles. The predicted octanol–water partition coefficient (Wildman–Crippen LogP) is -7.43. The summed E-state index contributed by atoms with van der Waals surface area (Å²) in [5, 5.41) is 103. The average molecular weight is 545 g/mol. The summed E-state index contributed by atoms with van der Waals surface area (Å²) in [4.78, 5) is 11.7. The lowest BCUT2D eigenvalue weighted by atomic mass is 9.95. The van der Waals surface area contributed by atoms with Crippen LogP contribution in [0.4, 0.5) is 0 Å². The van der Waals surface area contributed by atoms with Crippen molar-refractivity contribution in [1.82, 2.24) is 5.32 Å². The number of ether oxygens (including phenoxy) is 5. The summed E-state index contributed by atoms with van der Waals surface area (Å²) in [6.45, 7) is -0.971. The largest absolute Gasteiger partial charge is 0.394 e. The minimum atomic E-state index is -1.87. The van der Waals surface area contributed by atoms with E-state index in [1.807, 2.05) is 0 Å². The van der Waals surface area contributed by atoms with Gasteiger partial charge in [0.1, 0.15) is 73.2 Å². The Hall–Kier alpha value is -1.13. The molecule has 3 rings (SSSR count). The van der Waals surface area contributed by atoms with E-state index in [1.54, 1.807) is 0 Å². The Morgan fingerprint density at radius 1 is 0.703 bits per heavy atom. The van der Waals surface area contributed by atoms with Crippen molar-refractivity contribution < 1.29 is 79.5 Å². The number of aliphatic hydroxyl groups is 10. The Morgan fingerprint density at radius 3 is 1.86 bits per heavy atom. The number of nitrogens with one attached hydrogen (secondary N) is 1. The standard InChI is InChI=1S/C20H35NO16/c1-5(24)21-9-13(28)11(26)8(4-33-20-15(30)14(29)10(25)6(2-22)35-20)36-19(9)37-17-12(27)7(3-23)34-18(32)16(17)31/h6-20,22-23,25-32H,2-4H2,1H3,(H,21,24)/t6-,7-,8-,9-,10-,11-,12+,13-,14+,15-,16-,17+,18-,19+,20-/m1/s1. The fourth-order valence-corrected chi connectivity index (χ4v) is 4.35. The van der Waals surface area contributed by atoms with Crippen molar-refractivity contribution in [1.29, 1.82) is 0 Å². The first-order chi connectivity index (χ1) is 17.4. The van der Waals surface area contributed by atoms with Gasteiger partial charge in [-0.1, -0.05) is 0 Å². The summed E-state index contributed by atoms with van der Waals surface area (Å²) in [7, 11) is 0. The van der Waals surface area contributed by atoms with Crippen molar-refractivity contribution in [2.24, 2.45) is 0 Å². The minimum absolute atomic E-state index is 0.617. The topological polar surface area (TPSA) is 278 Å². The maximum atomic E-state index is 11.7. The molecule has 3 aliphatic heterocycles. The third kappa shape index (κ3) is 6.55. The Kier molecular flexibility index (Phi) is 10.5. The first kappa shape index (κ1) is 30.4. The lowest BCUT2D eigenvalue weighted by Crippen LogP contribution is -2.68. The van der Waals surface area contributed by atoms with Crippen molar-refractivity contribution in [3.63, 3.8) is 0 Å². The van der Waals surface area contributed by atoms with Crippen LogP contribution in [0.15, 0.2) is 0 Å². The van der Waals surface area contributed by atoms with Gasteiger partial charge in [-0.3, -0.25) is 4.79 Å². The number of hydrogen-bond donors (Lipinski definition) is 11. The van der Waals surface area contributed by atoms with Crippen LogP contribution in [0.3, 0.4) is 0 Å². The second-order valence-corrected chi connectivity index (χ2v) is 9.11. The highest BCUT2D eigenvalue weighted by Crippen LogP contribution is 2.30. The van der Waals surface area contributed by atoms with Crippen LogP contribution in [0.5, 0.6) is 0 Å². The summed E-state index contributed by atoms with van der Waals surface area (Å²) < 4.78 is 26.7. The molecule has 0 radical (unpaired) electrons. The molecule has 0 spiro atoms. The monoisotopic (exact) mass is 545 g/mol. The van der Waals surface area contributed by atoms with Crippen molar-refractivity contribution in [3.8, 4) is 0 Å². The molecular weight excluding hydrogens is 510 g/mol. The van der Waals surface area contributed by atoms with E-state index < -0.39 is 118 Å². The van der Waals surface area contributed by atoms with Crippen LogP contribution in [0.2, 0.25) is 0 Å². The fraction of sp³-hybridized carbons (Fsp3) is 0.950. The molecule has 3 aliphatic rings. The lowest BCUT2D eigenvalue weighted by molar-refractivity contribution is -0.349. The van der Waals surface area contributed by atoms with Crippen molar-refractivity contribution in [2.75, 3.05) is 19.8 Å². The van der Waals surface area contributed by atoms with Crippen LogP contribution < -0.4 is 5.32 Å². The van der Waals surface area contributed by atoms with Gasteiger partial charge in [0.05, 0.1) is 19.8 Å². The van der Waals surface area contributed by atoms with E-state index in [9.17, 15) is 55.9 Å². The molecule has 0 unspecified atom stereocenters. The Balaban J connectivity index is 1.75. The van der Waals surface area contributed by atoms with Crippen molar-refractivity contribution >= 4 is 5.91 Å². The van der Waals surface area contributed by atoms with Crippen LogP contribution in [0, 0.1) is 0 Å². The van der Waals surface area contributed by atoms with Gasteiger partial charge in [-0.25, -0.2) is 0 Å². The quantitative estimate of drug-likeness (QED) is 0.135. The first-order valence-electron chi connectivity index (χ1n) is 11.6. The van der Waals surface area contributed by atoms with E-state index in [4.69, 9.17) is 23.7 Å². The Bertz CT molecular complexity index is 745. The molecule has 0 saturated carbocycles. The van der Waals surface area contributed by atoms with E-state index in [1.165, 1.54) is 0 Å². The highest BCUT2D eigenvalue weighted by atomic mass is 16.7. The van der Waals surface area contributed by atoms with Gasteiger partial charge in [0.2, 0.25) is 5.91 Å². The van der Waals surface area contributed by atoms with Gasteiger partial charge in [0.15, 0.2) is 18.9 Å². The average Bonchev–Trinajstić information content (AvgIpc) is 2.86. The van der Waals surface area contributed by atoms with Gasteiger partial charge in [-0.05, 0) is 0 Å². The van der Waals surface area contributed by atoms with Crippen LogP contribution >= 0.6 is 0 Å². The number of carbonyl (C=O) groups is 1. The molecule has 0 aromatic rings. The highest BCUT2D eigenvalue weighted by molar-refractivity contribution is 5.73. The van der Waals surface area contributed by atoms with Gasteiger partial charge in [-0.2, -0.15) is 0 Å². The third-order valence-electron chi connectivity index (χ3n) is 6.48. The Morgan fingerprint density at radius 2 is 1.27 bits per heavy atom. The van der Waals surface area contributed by atoms with E-state index >= 15 is 0 Å². The summed E-state index contributed by atoms with van der Waals surface area (Å²) in [6, 6.07) is -1.44. The van der Waals surface area contributed by atoms with Crippen molar-refractivity contribution in [2.45, 2.75) is 99.0 Å². The normalized spacial score (nSPS) is 49.0. The Labute approximate surface area is 210 Å². The van der Waals surface area contributed by atoms with Gasteiger partial charge in [0, 0.05) is 6.92 Å². The van der Waals surface area contributed by atoms with E-state index in [2.05, 4.69) is 5.32 Å². The molecule has 216 valence electrons. The molecule has 3 saturated heterocycles. The fourth-order valence-electron chi connectivity index (χ4n) is 4.35. The molecule has 0 aromatic heterocycles. The zero-order chi connectivity index (χ0) is 27.6. The van der Waals surface area contributed by atoms with E-state index in [0.29, 0.717) is 0 Å². The molecule has 1 amide bonds. The van der Waals surface area contributed by atoms with Gasteiger partial charge in [0.25, 0.3) is 0 Å². The number of amides is 1. The van der Waals surface area contributed by atoms with E-state index in [0.717, 1.165) is 6.92 Å². The van der Waals surface area contributed by atoms with Crippen LogP contribution in [-0.2, 0) is 28.5 Å². The SMILES string of the molecule is CC(=O)N[C@H]1[C@H](O[C@@H]2[C@@H](O)[C@H](O)O[C@H](CO)[C@@H]2O)O[C@H](CO[C@@H]2O[C@H](CO)[C@@H](O)[C@H](O)[C@H]2O)[C@@H](O)[C@@H]1O. The van der Waals surface area contributed by atoms with Gasteiger partial charge < -0.3 is 80.1 Å². The molecule has 15 atom stereocenters. The molecule has 17 nitrogen and oxygen atoms in total. The summed E-state index contributed by atoms with van der Waals surface area (Å²) >= 11 is 0. The number of carbonyl (C=O) groups excluding carboxylic acids is 1. The molecule has 37 heavy (non-hydrogen) atoms. The van der Waals surface area contributed by atoms with Crippen LogP contribution in [0.25, 0.3) is 0 Å².